The van der Waals surface area contributed by atoms with Crippen LogP contribution < -0.4 is 5.32 Å². The van der Waals surface area contributed by atoms with Gasteiger partial charge in [-0.3, -0.25) is 4.79 Å². The Morgan fingerprint density at radius 1 is 1.00 bits per heavy atom. The van der Waals surface area contributed by atoms with Crippen molar-refractivity contribution in [1.29, 1.82) is 0 Å². The number of rotatable bonds is 6. The Labute approximate surface area is 194 Å². The second-order valence-electron chi connectivity index (χ2n) is 8.82. The third kappa shape index (κ3) is 4.66. The van der Waals surface area contributed by atoms with E-state index in [0.717, 1.165) is 37.1 Å². The quantitative estimate of drug-likeness (QED) is 0.602. The minimum atomic E-state index is -3.50. The van der Waals surface area contributed by atoms with Gasteiger partial charge in [-0.2, -0.15) is 4.31 Å². The van der Waals surface area contributed by atoms with E-state index in [2.05, 4.69) is 15.2 Å². The van der Waals surface area contributed by atoms with Crippen LogP contribution in [0.25, 0.3) is 5.65 Å². The molecule has 33 heavy (non-hydrogen) atoms. The summed E-state index contributed by atoms with van der Waals surface area (Å²) in [7, 11) is -3.50. The number of pyridine rings is 1. The number of carbonyl (C=O) groups excluding carboxylic acids is 1. The Morgan fingerprint density at radius 2 is 1.73 bits per heavy atom. The van der Waals surface area contributed by atoms with Crippen molar-refractivity contribution < 1.29 is 13.2 Å². The number of hydrogen-bond acceptors (Lipinski definition) is 5. The molecule has 0 saturated carbocycles. The number of nitrogens with zero attached hydrogens (tertiary/aromatic N) is 4. The molecule has 4 heterocycles. The summed E-state index contributed by atoms with van der Waals surface area (Å²) in [4.78, 5) is 19.5. The second-order valence-corrected chi connectivity index (χ2v) is 10.8. The van der Waals surface area contributed by atoms with E-state index in [9.17, 15) is 13.2 Å². The lowest BCUT2D eigenvalue weighted by Gasteiger charge is -2.36. The normalized spacial score (nSPS) is 18.7. The molecule has 2 aromatic heterocycles. The standard InChI is InChI=1S/C24H29N5O3S/c30-24(20-5-8-23-25-11-16-28(23)18-20)26-17-19-3-6-22(7-4-19)33(31,32)29-14-9-21(10-15-29)27-12-1-2-13-27/h3-8,11,16,18,21H,1-2,9-10,12-15,17H2,(H,26,30). The predicted molar refractivity (Wildman–Crippen MR) is 125 cm³/mol. The minimum absolute atomic E-state index is 0.192. The van der Waals surface area contributed by atoms with E-state index < -0.39 is 10.0 Å². The smallest absolute Gasteiger partial charge is 0.253 e. The van der Waals surface area contributed by atoms with Crippen molar-refractivity contribution in [2.45, 2.75) is 43.2 Å². The highest BCUT2D eigenvalue weighted by Crippen LogP contribution is 2.25. The summed E-state index contributed by atoms with van der Waals surface area (Å²) in [5.41, 5.74) is 2.17. The molecular formula is C24H29N5O3S. The Balaban J connectivity index is 1.17. The number of nitrogens with one attached hydrogen (secondary N) is 1. The summed E-state index contributed by atoms with van der Waals surface area (Å²) in [6, 6.07) is 10.9. The van der Waals surface area contributed by atoms with Gasteiger partial charge in [0.25, 0.3) is 5.91 Å². The van der Waals surface area contributed by atoms with Crippen molar-refractivity contribution >= 4 is 21.6 Å². The van der Waals surface area contributed by atoms with Crippen molar-refractivity contribution in [3.63, 3.8) is 0 Å². The Kier molecular flexibility index (Phi) is 6.18. The molecule has 0 unspecified atom stereocenters. The fourth-order valence-corrected chi connectivity index (χ4v) is 6.29. The largest absolute Gasteiger partial charge is 0.348 e. The monoisotopic (exact) mass is 467 g/mol. The van der Waals surface area contributed by atoms with E-state index in [1.54, 1.807) is 63.7 Å². The molecular weight excluding hydrogens is 438 g/mol. The molecule has 0 atom stereocenters. The van der Waals surface area contributed by atoms with E-state index in [1.807, 2.05) is 0 Å². The number of fused-ring (bicyclic) bond motifs is 1. The lowest BCUT2D eigenvalue weighted by atomic mass is 10.1. The van der Waals surface area contributed by atoms with Crippen LogP contribution in [-0.4, -0.2) is 65.1 Å². The number of sulfonamides is 1. The van der Waals surface area contributed by atoms with E-state index in [4.69, 9.17) is 0 Å². The summed E-state index contributed by atoms with van der Waals surface area (Å²) >= 11 is 0. The summed E-state index contributed by atoms with van der Waals surface area (Å²) in [5, 5.41) is 2.89. The molecule has 2 saturated heterocycles. The molecule has 5 rings (SSSR count). The number of likely N-dealkylation sites (tertiary alicyclic amines) is 1. The number of imidazole rings is 1. The Hall–Kier alpha value is -2.75. The molecule has 174 valence electrons. The van der Waals surface area contributed by atoms with Gasteiger partial charge in [0.2, 0.25) is 10.0 Å². The van der Waals surface area contributed by atoms with Crippen LogP contribution in [0.1, 0.15) is 41.6 Å². The van der Waals surface area contributed by atoms with Crippen LogP contribution in [0.3, 0.4) is 0 Å². The predicted octanol–water partition coefficient (Wildman–Crippen LogP) is 2.51. The molecule has 2 aliphatic rings. The Bertz CT molecular complexity index is 1220. The zero-order valence-electron chi connectivity index (χ0n) is 18.6. The second kappa shape index (κ2) is 9.24. The van der Waals surface area contributed by atoms with Gasteiger partial charge < -0.3 is 14.6 Å². The molecule has 1 amide bonds. The summed E-state index contributed by atoms with van der Waals surface area (Å²) in [5.74, 6) is -0.192. The van der Waals surface area contributed by atoms with Gasteiger partial charge in [-0.1, -0.05) is 12.1 Å². The van der Waals surface area contributed by atoms with Crippen LogP contribution in [0.5, 0.6) is 0 Å². The van der Waals surface area contributed by atoms with Crippen LogP contribution in [0.15, 0.2) is 59.9 Å². The first kappa shape index (κ1) is 22.1. The Morgan fingerprint density at radius 3 is 2.45 bits per heavy atom. The molecule has 0 aliphatic carbocycles. The lowest BCUT2D eigenvalue weighted by Crippen LogP contribution is -2.45. The van der Waals surface area contributed by atoms with Gasteiger partial charge in [0, 0.05) is 44.3 Å². The molecule has 2 aliphatic heterocycles. The van der Waals surface area contributed by atoms with Gasteiger partial charge in [0.05, 0.1) is 10.5 Å². The van der Waals surface area contributed by atoms with Crippen LogP contribution in [0, 0.1) is 0 Å². The fraction of sp³-hybridized carbons (Fsp3) is 0.417. The highest BCUT2D eigenvalue weighted by atomic mass is 32.2. The van der Waals surface area contributed by atoms with Crippen LogP contribution >= 0.6 is 0 Å². The van der Waals surface area contributed by atoms with Gasteiger partial charge in [-0.15, -0.1) is 0 Å². The topological polar surface area (TPSA) is 87.0 Å². The average molecular weight is 468 g/mol. The van der Waals surface area contributed by atoms with Gasteiger partial charge in [-0.25, -0.2) is 13.4 Å². The number of carbonyl (C=O) groups is 1. The molecule has 3 aromatic rings. The van der Waals surface area contributed by atoms with Crippen LogP contribution in [0.2, 0.25) is 0 Å². The number of hydrogen-bond donors (Lipinski definition) is 1. The first-order chi connectivity index (χ1) is 16.0. The number of aromatic nitrogens is 2. The van der Waals surface area contributed by atoms with Crippen molar-refractivity contribution in [3.8, 4) is 0 Å². The maximum absolute atomic E-state index is 13.1. The maximum atomic E-state index is 13.1. The summed E-state index contributed by atoms with van der Waals surface area (Å²) < 4.78 is 29.6. The third-order valence-electron chi connectivity index (χ3n) is 6.75. The van der Waals surface area contributed by atoms with Crippen LogP contribution in [-0.2, 0) is 16.6 Å². The van der Waals surface area contributed by atoms with Crippen molar-refractivity contribution in [3.05, 3.63) is 66.1 Å². The first-order valence-electron chi connectivity index (χ1n) is 11.5. The molecule has 9 heteroatoms. The van der Waals surface area contributed by atoms with E-state index in [-0.39, 0.29) is 5.91 Å². The third-order valence-corrected chi connectivity index (χ3v) is 8.66. The number of benzene rings is 1. The van der Waals surface area contributed by atoms with Gasteiger partial charge in [-0.05, 0) is 68.6 Å². The molecule has 0 bridgehead atoms. The summed E-state index contributed by atoms with van der Waals surface area (Å²) in [6.45, 7) is 3.76. The average Bonchev–Trinajstić information content (AvgIpc) is 3.55. The van der Waals surface area contributed by atoms with Crippen LogP contribution in [0.4, 0.5) is 0 Å². The van der Waals surface area contributed by atoms with E-state index in [1.165, 1.54) is 12.8 Å². The first-order valence-corrected chi connectivity index (χ1v) is 13.0. The highest BCUT2D eigenvalue weighted by molar-refractivity contribution is 7.89. The molecule has 1 N–H and O–H groups in total. The molecule has 0 spiro atoms. The van der Waals surface area contributed by atoms with Gasteiger partial charge in [0.15, 0.2) is 0 Å². The molecule has 1 aromatic carbocycles. The van der Waals surface area contributed by atoms with E-state index >= 15 is 0 Å². The zero-order chi connectivity index (χ0) is 22.8. The van der Waals surface area contributed by atoms with Crippen molar-refractivity contribution in [2.75, 3.05) is 26.2 Å². The SMILES string of the molecule is O=C(NCc1ccc(S(=O)(=O)N2CCC(N3CCCC3)CC2)cc1)c1ccc2nccn2c1. The van der Waals surface area contributed by atoms with E-state index in [0.29, 0.717) is 36.1 Å². The summed E-state index contributed by atoms with van der Waals surface area (Å²) in [6.07, 6.45) is 9.52. The van der Waals surface area contributed by atoms with Crippen molar-refractivity contribution in [1.82, 2.24) is 23.9 Å². The maximum Gasteiger partial charge on any atom is 0.253 e. The highest BCUT2D eigenvalue weighted by Gasteiger charge is 2.32. The van der Waals surface area contributed by atoms with Gasteiger partial charge >= 0.3 is 0 Å². The minimum Gasteiger partial charge on any atom is -0.348 e. The van der Waals surface area contributed by atoms with Gasteiger partial charge in [0.1, 0.15) is 5.65 Å². The fourth-order valence-electron chi connectivity index (χ4n) is 4.82. The van der Waals surface area contributed by atoms with Crippen molar-refractivity contribution in [2.24, 2.45) is 0 Å². The number of piperidine rings is 1. The lowest BCUT2D eigenvalue weighted by molar-refractivity contribution is 0.0950. The number of amides is 1. The molecule has 2 fully saturated rings. The molecule has 0 radical (unpaired) electrons. The molecule has 8 nitrogen and oxygen atoms in total. The zero-order valence-corrected chi connectivity index (χ0v) is 19.4.